The van der Waals surface area contributed by atoms with E-state index in [0.29, 0.717) is 12.8 Å². The van der Waals surface area contributed by atoms with E-state index >= 15 is 0 Å². The summed E-state index contributed by atoms with van der Waals surface area (Å²) in [5, 5.41) is 14.6. The van der Waals surface area contributed by atoms with Crippen molar-refractivity contribution in [2.45, 2.75) is 71.9 Å². The molecule has 1 aromatic carbocycles. The first-order chi connectivity index (χ1) is 16.6. The molecule has 0 bridgehead atoms. The lowest BCUT2D eigenvalue weighted by atomic mass is 10.1. The molecule has 35 heavy (non-hydrogen) atoms. The van der Waals surface area contributed by atoms with Crippen LogP contribution >= 0.6 is 0 Å². The van der Waals surface area contributed by atoms with Gasteiger partial charge in [-0.1, -0.05) is 70.2 Å². The molecule has 0 aliphatic carbocycles. The molecule has 0 spiro atoms. The van der Waals surface area contributed by atoms with E-state index < -0.39 is 29.8 Å². The number of carbonyl (C=O) groups excluding carboxylic acids is 4. The van der Waals surface area contributed by atoms with E-state index in [2.05, 4.69) is 5.32 Å². The Labute approximate surface area is 207 Å². The fourth-order valence-electron chi connectivity index (χ4n) is 3.90. The number of hydroxylamine groups is 1. The normalized spacial score (nSPS) is 16.4. The largest absolute Gasteiger partial charge is 0.344 e. The molecule has 2 rings (SSSR count). The van der Waals surface area contributed by atoms with Crippen LogP contribution in [-0.4, -0.2) is 57.5 Å². The predicted molar refractivity (Wildman–Crippen MR) is 132 cm³/mol. The van der Waals surface area contributed by atoms with Gasteiger partial charge in [-0.2, -0.15) is 0 Å². The molecule has 0 radical (unpaired) electrons. The molecule has 192 valence electrons. The van der Waals surface area contributed by atoms with Crippen molar-refractivity contribution >= 4 is 29.7 Å². The third-order valence-corrected chi connectivity index (χ3v) is 5.71. The number of carbonyl (C=O) groups is 4. The first kappa shape index (κ1) is 28.0. The first-order valence-electron chi connectivity index (χ1n) is 12.2. The van der Waals surface area contributed by atoms with Crippen molar-refractivity contribution in [1.29, 1.82) is 0 Å². The van der Waals surface area contributed by atoms with Gasteiger partial charge in [0.25, 0.3) is 11.8 Å². The Morgan fingerprint density at radius 2 is 1.83 bits per heavy atom. The molecule has 3 N–H and O–H groups in total. The van der Waals surface area contributed by atoms with E-state index in [4.69, 9.17) is 0 Å². The van der Waals surface area contributed by atoms with Gasteiger partial charge in [0.2, 0.25) is 11.8 Å². The maximum atomic E-state index is 13.5. The van der Waals surface area contributed by atoms with Crippen LogP contribution in [0.1, 0.15) is 65.4 Å². The van der Waals surface area contributed by atoms with Crippen LogP contribution in [0.3, 0.4) is 0 Å². The minimum absolute atomic E-state index is 0.0193. The Kier molecular flexibility index (Phi) is 10.9. The third kappa shape index (κ3) is 8.51. The van der Waals surface area contributed by atoms with Crippen LogP contribution in [0.2, 0.25) is 0 Å². The number of nitrogens with one attached hydrogen (secondary N) is 2. The molecule has 0 aromatic heterocycles. The smallest absolute Gasteiger partial charge is 0.268 e. The van der Waals surface area contributed by atoms with Crippen molar-refractivity contribution in [2.75, 3.05) is 6.54 Å². The highest BCUT2D eigenvalue weighted by atomic mass is 16.5. The number of nitrogens with zero attached hydrogens (tertiary/aromatic N) is 2. The second-order valence-corrected chi connectivity index (χ2v) is 9.68. The van der Waals surface area contributed by atoms with Gasteiger partial charge in [-0.25, -0.2) is 15.5 Å². The molecular formula is C26H38N4O5. The van der Waals surface area contributed by atoms with Gasteiger partial charge in [-0.3, -0.25) is 24.4 Å². The van der Waals surface area contributed by atoms with Gasteiger partial charge >= 0.3 is 0 Å². The zero-order chi connectivity index (χ0) is 26.0. The van der Waals surface area contributed by atoms with Crippen LogP contribution in [0.4, 0.5) is 0 Å². The molecule has 9 nitrogen and oxygen atoms in total. The van der Waals surface area contributed by atoms with E-state index in [0.717, 1.165) is 5.56 Å². The molecule has 1 aliphatic heterocycles. The number of amides is 4. The van der Waals surface area contributed by atoms with Crippen molar-refractivity contribution in [3.8, 4) is 0 Å². The SMILES string of the molecule is CC(C)CCC(=O)N([C@@H](CC=Cc1ccccc1)C(=O)NO)N(CC(C)C)C(=O)[C@H]1CCC(=O)N1. The fourth-order valence-corrected chi connectivity index (χ4v) is 3.90. The summed E-state index contributed by atoms with van der Waals surface area (Å²) in [6, 6.07) is 7.56. The lowest BCUT2D eigenvalue weighted by Crippen LogP contribution is -2.62. The van der Waals surface area contributed by atoms with Crippen molar-refractivity contribution < 1.29 is 24.4 Å². The van der Waals surface area contributed by atoms with E-state index in [1.165, 1.54) is 10.0 Å². The van der Waals surface area contributed by atoms with Crippen LogP contribution in [0, 0.1) is 11.8 Å². The van der Waals surface area contributed by atoms with Crippen LogP contribution in [0.25, 0.3) is 6.08 Å². The molecule has 1 fully saturated rings. The average Bonchev–Trinajstić information content (AvgIpc) is 3.26. The molecule has 9 heteroatoms. The topological polar surface area (TPSA) is 119 Å². The van der Waals surface area contributed by atoms with E-state index in [9.17, 15) is 24.4 Å². The zero-order valence-corrected chi connectivity index (χ0v) is 21.1. The number of benzene rings is 1. The number of hydrazine groups is 1. The summed E-state index contributed by atoms with van der Waals surface area (Å²) in [5.41, 5.74) is 2.58. The standard InChI is InChI=1S/C26H38N4O5/c1-18(2)13-16-24(32)30(29(17-19(3)4)26(34)21-14-15-23(31)27-21)22(25(33)28-35)12-8-11-20-9-6-5-7-10-20/h5-11,18-19,21-22,35H,12-17H2,1-4H3,(H,27,31)(H,28,33)/t21-,22+/m1/s1. The molecule has 1 aliphatic rings. The van der Waals surface area contributed by atoms with Crippen molar-refractivity contribution in [3.05, 3.63) is 42.0 Å². The van der Waals surface area contributed by atoms with Crippen LogP contribution < -0.4 is 10.8 Å². The Morgan fingerprint density at radius 3 is 2.37 bits per heavy atom. The van der Waals surface area contributed by atoms with Gasteiger partial charge in [0.05, 0.1) is 0 Å². The molecule has 2 atom stereocenters. The second kappa shape index (κ2) is 13.6. The first-order valence-corrected chi connectivity index (χ1v) is 12.2. The van der Waals surface area contributed by atoms with Gasteiger partial charge in [0.1, 0.15) is 12.1 Å². The van der Waals surface area contributed by atoms with Gasteiger partial charge in [-0.15, -0.1) is 0 Å². The summed E-state index contributed by atoms with van der Waals surface area (Å²) in [5.74, 6) is -1.62. The lowest BCUT2D eigenvalue weighted by Gasteiger charge is -2.41. The van der Waals surface area contributed by atoms with Crippen molar-refractivity contribution in [2.24, 2.45) is 11.8 Å². The van der Waals surface area contributed by atoms with Crippen molar-refractivity contribution in [3.63, 3.8) is 0 Å². The van der Waals surface area contributed by atoms with Crippen LogP contribution in [-0.2, 0) is 19.2 Å². The summed E-state index contributed by atoms with van der Waals surface area (Å²) in [6.45, 7) is 7.96. The van der Waals surface area contributed by atoms with Gasteiger partial charge in [0.15, 0.2) is 0 Å². The summed E-state index contributed by atoms with van der Waals surface area (Å²) < 4.78 is 0. The summed E-state index contributed by atoms with van der Waals surface area (Å²) >= 11 is 0. The van der Waals surface area contributed by atoms with Crippen LogP contribution in [0.5, 0.6) is 0 Å². The lowest BCUT2D eigenvalue weighted by molar-refractivity contribution is -0.176. The Hall–Kier alpha value is -3.20. The molecule has 1 aromatic rings. The van der Waals surface area contributed by atoms with E-state index in [1.807, 2.05) is 64.1 Å². The van der Waals surface area contributed by atoms with Gasteiger partial charge in [0, 0.05) is 19.4 Å². The Morgan fingerprint density at radius 1 is 1.14 bits per heavy atom. The highest BCUT2D eigenvalue weighted by molar-refractivity contribution is 5.93. The fraction of sp³-hybridized carbons (Fsp3) is 0.538. The third-order valence-electron chi connectivity index (χ3n) is 5.71. The average molecular weight is 487 g/mol. The molecule has 1 heterocycles. The van der Waals surface area contributed by atoms with E-state index in [-0.39, 0.29) is 43.6 Å². The molecular weight excluding hydrogens is 448 g/mol. The zero-order valence-electron chi connectivity index (χ0n) is 21.1. The van der Waals surface area contributed by atoms with Gasteiger partial charge in [-0.05, 0) is 36.7 Å². The van der Waals surface area contributed by atoms with E-state index in [1.54, 1.807) is 11.6 Å². The molecule has 0 unspecified atom stereocenters. The molecule has 4 amide bonds. The minimum atomic E-state index is -1.15. The minimum Gasteiger partial charge on any atom is -0.344 e. The maximum absolute atomic E-state index is 13.5. The number of hydrogen-bond donors (Lipinski definition) is 3. The molecule has 1 saturated heterocycles. The Bertz CT molecular complexity index is 900. The second-order valence-electron chi connectivity index (χ2n) is 9.68. The van der Waals surface area contributed by atoms with Gasteiger partial charge < -0.3 is 5.32 Å². The maximum Gasteiger partial charge on any atom is 0.268 e. The van der Waals surface area contributed by atoms with Crippen LogP contribution in [0.15, 0.2) is 36.4 Å². The summed E-state index contributed by atoms with van der Waals surface area (Å²) in [6.07, 6.45) is 4.90. The highest BCUT2D eigenvalue weighted by Gasteiger charge is 2.40. The van der Waals surface area contributed by atoms with Crippen molar-refractivity contribution in [1.82, 2.24) is 20.8 Å². The number of rotatable bonds is 11. The summed E-state index contributed by atoms with van der Waals surface area (Å²) in [4.78, 5) is 51.6. The summed E-state index contributed by atoms with van der Waals surface area (Å²) in [7, 11) is 0. The Balaban J connectivity index is 2.44. The highest BCUT2D eigenvalue weighted by Crippen LogP contribution is 2.21. The quantitative estimate of drug-likeness (QED) is 0.328. The molecule has 0 saturated carbocycles. The monoisotopic (exact) mass is 486 g/mol. The number of hydrogen-bond acceptors (Lipinski definition) is 5. The predicted octanol–water partition coefficient (Wildman–Crippen LogP) is 2.91.